The number of aryl methyl sites for hydroxylation is 2. The first-order valence-corrected chi connectivity index (χ1v) is 8.76. The van der Waals surface area contributed by atoms with Crippen molar-refractivity contribution in [3.63, 3.8) is 0 Å². The number of halogens is 1. The second-order valence-electron chi connectivity index (χ2n) is 6.61. The van der Waals surface area contributed by atoms with Gasteiger partial charge in [-0.25, -0.2) is 9.37 Å². The summed E-state index contributed by atoms with van der Waals surface area (Å²) in [5.41, 5.74) is 0.683. The van der Waals surface area contributed by atoms with Gasteiger partial charge in [-0.15, -0.1) is 0 Å². The van der Waals surface area contributed by atoms with E-state index in [1.807, 2.05) is 17.7 Å². The minimum atomic E-state index is -0.506. The quantitative estimate of drug-likeness (QED) is 0.793. The number of amides is 2. The van der Waals surface area contributed by atoms with Crippen LogP contribution in [0.3, 0.4) is 0 Å². The van der Waals surface area contributed by atoms with E-state index in [-0.39, 0.29) is 30.7 Å². The van der Waals surface area contributed by atoms with E-state index in [1.54, 1.807) is 30.2 Å². The molecule has 1 aromatic heterocycles. The molecule has 6 nitrogen and oxygen atoms in total. The number of carbonyl (C=O) groups excluding carboxylic acids is 2. The maximum atomic E-state index is 13.3. The largest absolute Gasteiger partial charge is 0.335 e. The van der Waals surface area contributed by atoms with Crippen LogP contribution in [0.2, 0.25) is 0 Å². The first-order chi connectivity index (χ1) is 12.5. The summed E-state index contributed by atoms with van der Waals surface area (Å²) >= 11 is 0. The number of hydrogen-bond acceptors (Lipinski definition) is 3. The number of nitrogens with zero attached hydrogens (tertiary/aromatic N) is 4. The van der Waals surface area contributed by atoms with Gasteiger partial charge in [0.15, 0.2) is 0 Å². The molecule has 2 amide bonds. The van der Waals surface area contributed by atoms with Gasteiger partial charge in [0.1, 0.15) is 24.2 Å². The summed E-state index contributed by atoms with van der Waals surface area (Å²) in [5.74, 6) is 0.409. The molecule has 138 valence electrons. The molecule has 0 unspecified atom stereocenters. The Morgan fingerprint density at radius 2 is 2.08 bits per heavy atom. The van der Waals surface area contributed by atoms with Gasteiger partial charge in [0.2, 0.25) is 11.8 Å². The van der Waals surface area contributed by atoms with Crippen molar-refractivity contribution in [1.29, 1.82) is 0 Å². The van der Waals surface area contributed by atoms with Gasteiger partial charge in [-0.05, 0) is 38.0 Å². The number of carbonyl (C=O) groups is 2. The number of aromatic nitrogens is 2. The molecular formula is C19H23FN4O2. The number of piperazine rings is 1. The number of benzene rings is 1. The van der Waals surface area contributed by atoms with Gasteiger partial charge < -0.3 is 14.4 Å². The second kappa shape index (κ2) is 7.68. The fourth-order valence-electron chi connectivity index (χ4n) is 3.30. The standard InChI is InChI=1S/C19H23FN4O2/c1-14-19(26)23(12-16-5-3-6-17(20)11-16)13-18(25)24(14)9-4-8-22-10-7-21-15(22)2/h3,5-7,10-11,14H,4,8-9,12-13H2,1-2H3/t14-/m0/s1. The predicted octanol–water partition coefficient (Wildman–Crippen LogP) is 1.98. The van der Waals surface area contributed by atoms with Crippen LogP contribution in [0.4, 0.5) is 4.39 Å². The highest BCUT2D eigenvalue weighted by molar-refractivity contribution is 5.94. The van der Waals surface area contributed by atoms with Gasteiger partial charge in [-0.1, -0.05) is 12.1 Å². The van der Waals surface area contributed by atoms with Crippen LogP contribution < -0.4 is 0 Å². The summed E-state index contributed by atoms with van der Waals surface area (Å²) in [6.45, 7) is 5.24. The monoisotopic (exact) mass is 358 g/mol. The maximum absolute atomic E-state index is 13.3. The lowest BCUT2D eigenvalue weighted by Crippen LogP contribution is -2.58. The van der Waals surface area contributed by atoms with Crippen molar-refractivity contribution < 1.29 is 14.0 Å². The lowest BCUT2D eigenvalue weighted by molar-refractivity contribution is -0.155. The van der Waals surface area contributed by atoms with Crippen molar-refractivity contribution in [3.05, 3.63) is 53.9 Å². The van der Waals surface area contributed by atoms with E-state index in [0.29, 0.717) is 12.1 Å². The molecule has 1 fully saturated rings. The summed E-state index contributed by atoms with van der Waals surface area (Å²) in [6.07, 6.45) is 4.41. The van der Waals surface area contributed by atoms with Crippen molar-refractivity contribution in [2.45, 2.75) is 39.4 Å². The highest BCUT2D eigenvalue weighted by atomic mass is 19.1. The number of hydrogen-bond donors (Lipinski definition) is 0. The molecule has 1 atom stereocenters. The number of rotatable bonds is 6. The first kappa shape index (κ1) is 18.1. The van der Waals surface area contributed by atoms with E-state index in [9.17, 15) is 14.0 Å². The molecular weight excluding hydrogens is 335 g/mol. The molecule has 0 spiro atoms. The molecule has 0 radical (unpaired) electrons. The van der Waals surface area contributed by atoms with Crippen molar-refractivity contribution in [2.24, 2.45) is 0 Å². The van der Waals surface area contributed by atoms with E-state index >= 15 is 0 Å². The normalized spacial score (nSPS) is 17.9. The van der Waals surface area contributed by atoms with Gasteiger partial charge in [0, 0.05) is 32.0 Å². The Kier molecular flexibility index (Phi) is 5.35. The Hall–Kier alpha value is -2.70. The van der Waals surface area contributed by atoms with Gasteiger partial charge in [-0.2, -0.15) is 0 Å². The van der Waals surface area contributed by atoms with Crippen LogP contribution in [-0.2, 0) is 22.7 Å². The van der Waals surface area contributed by atoms with Gasteiger partial charge in [0.25, 0.3) is 0 Å². The zero-order valence-corrected chi connectivity index (χ0v) is 15.1. The molecule has 2 heterocycles. The Morgan fingerprint density at radius 1 is 1.27 bits per heavy atom. The van der Waals surface area contributed by atoms with Crippen molar-refractivity contribution in [2.75, 3.05) is 13.1 Å². The molecule has 1 aliphatic rings. The Bertz CT molecular complexity index is 804. The Morgan fingerprint density at radius 3 is 2.77 bits per heavy atom. The Balaban J connectivity index is 1.59. The smallest absolute Gasteiger partial charge is 0.245 e. The van der Waals surface area contributed by atoms with Crippen LogP contribution in [0.25, 0.3) is 0 Å². The highest BCUT2D eigenvalue weighted by Gasteiger charge is 2.35. The molecule has 0 bridgehead atoms. The van der Waals surface area contributed by atoms with Gasteiger partial charge in [0.05, 0.1) is 0 Å². The first-order valence-electron chi connectivity index (χ1n) is 8.76. The Labute approximate surface area is 152 Å². The van der Waals surface area contributed by atoms with Crippen LogP contribution in [-0.4, -0.2) is 50.3 Å². The topological polar surface area (TPSA) is 58.4 Å². The maximum Gasteiger partial charge on any atom is 0.245 e. The molecule has 1 aromatic carbocycles. The summed E-state index contributed by atoms with van der Waals surface area (Å²) < 4.78 is 15.4. The third-order valence-corrected chi connectivity index (χ3v) is 4.77. The second-order valence-corrected chi connectivity index (χ2v) is 6.61. The summed E-state index contributed by atoms with van der Waals surface area (Å²) in [5, 5.41) is 0. The molecule has 1 saturated heterocycles. The molecule has 0 aliphatic carbocycles. The fourth-order valence-corrected chi connectivity index (χ4v) is 3.30. The van der Waals surface area contributed by atoms with Crippen LogP contribution in [0.1, 0.15) is 24.7 Å². The van der Waals surface area contributed by atoms with Crippen LogP contribution in [0.5, 0.6) is 0 Å². The average molecular weight is 358 g/mol. The minimum Gasteiger partial charge on any atom is -0.335 e. The number of imidazole rings is 1. The molecule has 26 heavy (non-hydrogen) atoms. The molecule has 7 heteroatoms. The lowest BCUT2D eigenvalue weighted by Gasteiger charge is -2.39. The van der Waals surface area contributed by atoms with Crippen LogP contribution in [0.15, 0.2) is 36.7 Å². The zero-order chi connectivity index (χ0) is 18.7. The van der Waals surface area contributed by atoms with Crippen molar-refractivity contribution in [1.82, 2.24) is 19.4 Å². The van der Waals surface area contributed by atoms with Gasteiger partial charge >= 0.3 is 0 Å². The van der Waals surface area contributed by atoms with Crippen LogP contribution >= 0.6 is 0 Å². The zero-order valence-electron chi connectivity index (χ0n) is 15.1. The molecule has 3 rings (SSSR count). The fraction of sp³-hybridized carbons (Fsp3) is 0.421. The summed E-state index contributed by atoms with van der Waals surface area (Å²) in [6, 6.07) is 5.61. The van der Waals surface area contributed by atoms with Gasteiger partial charge in [-0.3, -0.25) is 9.59 Å². The molecule has 0 saturated carbocycles. The summed E-state index contributed by atoms with van der Waals surface area (Å²) in [7, 11) is 0. The molecule has 0 N–H and O–H groups in total. The van der Waals surface area contributed by atoms with E-state index in [2.05, 4.69) is 4.98 Å². The van der Waals surface area contributed by atoms with Crippen LogP contribution in [0, 0.1) is 12.7 Å². The highest BCUT2D eigenvalue weighted by Crippen LogP contribution is 2.17. The lowest BCUT2D eigenvalue weighted by atomic mass is 10.1. The third kappa shape index (κ3) is 3.92. The molecule has 2 aromatic rings. The van der Waals surface area contributed by atoms with E-state index in [4.69, 9.17) is 0 Å². The summed E-state index contributed by atoms with van der Waals surface area (Å²) in [4.78, 5) is 32.5. The predicted molar refractivity (Wildman–Crippen MR) is 94.6 cm³/mol. The van der Waals surface area contributed by atoms with E-state index in [1.165, 1.54) is 17.0 Å². The third-order valence-electron chi connectivity index (χ3n) is 4.77. The van der Waals surface area contributed by atoms with E-state index in [0.717, 1.165) is 18.8 Å². The average Bonchev–Trinajstić information content (AvgIpc) is 3.01. The van der Waals surface area contributed by atoms with E-state index < -0.39 is 6.04 Å². The molecule has 1 aliphatic heterocycles. The SMILES string of the molecule is Cc1nccn1CCCN1C(=O)CN(Cc2cccc(F)c2)C(=O)[C@@H]1C. The minimum absolute atomic E-state index is 0.0315. The van der Waals surface area contributed by atoms with Crippen molar-refractivity contribution in [3.8, 4) is 0 Å². The van der Waals surface area contributed by atoms with Crippen molar-refractivity contribution >= 4 is 11.8 Å².